The summed E-state index contributed by atoms with van der Waals surface area (Å²) in [7, 11) is -0.951. The molecule has 1 unspecified atom stereocenters. The summed E-state index contributed by atoms with van der Waals surface area (Å²) >= 11 is 3.66. The number of benzene rings is 3. The molecule has 350 valence electrons. The molecule has 4 saturated heterocycles. The van der Waals surface area contributed by atoms with E-state index in [2.05, 4.69) is 70.6 Å². The van der Waals surface area contributed by atoms with Crippen molar-refractivity contribution in [3.63, 3.8) is 0 Å². The van der Waals surface area contributed by atoms with Gasteiger partial charge in [0.25, 0.3) is 0 Å². The van der Waals surface area contributed by atoms with E-state index in [0.717, 1.165) is 128 Å². The van der Waals surface area contributed by atoms with E-state index >= 15 is 0 Å². The van der Waals surface area contributed by atoms with Crippen molar-refractivity contribution >= 4 is 91.0 Å². The molecule has 2 amide bonds. The lowest BCUT2D eigenvalue weighted by Crippen LogP contribution is -2.53. The molecule has 4 aliphatic rings. The van der Waals surface area contributed by atoms with Gasteiger partial charge in [-0.15, -0.1) is 0 Å². The van der Waals surface area contributed by atoms with Crippen LogP contribution in [0.1, 0.15) is 61.4 Å². The van der Waals surface area contributed by atoms with E-state index in [4.69, 9.17) is 19.1 Å². The van der Waals surface area contributed by atoms with Crippen molar-refractivity contribution in [2.75, 3.05) is 80.8 Å². The lowest BCUT2D eigenvalue weighted by atomic mass is 10.00. The number of pyridine rings is 1. The number of nitrogens with one attached hydrogen (secondary N) is 3. The standard InChI is InChI=1S/C49H56BrN10O6P/c1-30-27-38(54-48-51-29-35(50)46(56-48)53-37-12-11-36-34(10-9-31(2)52-36)45(37)67(64)25-4-5-26-67)42(65-3)28-41(30)59-19-16-33(17-20-59)58-23-21-57(22-24-58)18-15-32-7-6-8-39-44(32)66-49(63)60(39)40-13-14-43(61)55-47(40)62/h6-12,27-29,33,40H,4-5,13-26H2,1-3H3,(H,55,61,62)(H2,51,53,54,56). The zero-order valence-corrected chi connectivity index (χ0v) is 40.6. The zero-order valence-electron chi connectivity index (χ0n) is 38.1. The van der Waals surface area contributed by atoms with E-state index in [9.17, 15) is 18.9 Å². The maximum absolute atomic E-state index is 14.4. The third kappa shape index (κ3) is 9.10. The van der Waals surface area contributed by atoms with Gasteiger partial charge in [-0.25, -0.2) is 9.78 Å². The molecule has 7 heterocycles. The van der Waals surface area contributed by atoms with Crippen LogP contribution in [0.5, 0.6) is 5.75 Å². The Morgan fingerprint density at radius 2 is 1.70 bits per heavy atom. The Kier molecular flexibility index (Phi) is 12.7. The van der Waals surface area contributed by atoms with Crippen LogP contribution in [-0.2, 0) is 20.6 Å². The van der Waals surface area contributed by atoms with Crippen molar-refractivity contribution in [2.45, 2.75) is 70.9 Å². The molecule has 3 N–H and O–H groups in total. The lowest BCUT2D eigenvalue weighted by Gasteiger charge is -2.43. The number of nitrogens with zero attached hydrogens (tertiary/aromatic N) is 7. The van der Waals surface area contributed by atoms with Crippen LogP contribution < -0.4 is 36.6 Å². The predicted molar refractivity (Wildman–Crippen MR) is 266 cm³/mol. The molecular formula is C49H56BrN10O6P. The van der Waals surface area contributed by atoms with Crippen molar-refractivity contribution in [2.24, 2.45) is 0 Å². The number of amides is 2. The van der Waals surface area contributed by atoms with E-state index in [0.29, 0.717) is 51.5 Å². The van der Waals surface area contributed by atoms with Crippen molar-refractivity contribution in [3.05, 3.63) is 92.6 Å². The molecule has 1 atom stereocenters. The van der Waals surface area contributed by atoms with Crippen molar-refractivity contribution in [1.82, 2.24) is 34.6 Å². The van der Waals surface area contributed by atoms with Gasteiger partial charge in [0.05, 0.1) is 34.0 Å². The highest BCUT2D eigenvalue weighted by Crippen LogP contribution is 2.54. The minimum atomic E-state index is -2.63. The summed E-state index contributed by atoms with van der Waals surface area (Å²) in [6.45, 7) is 10.8. The number of carbonyl (C=O) groups excluding carboxylic acids is 2. The van der Waals surface area contributed by atoms with E-state index in [-0.39, 0.29) is 18.7 Å². The number of piperazine rings is 1. The normalized spacial score (nSPS) is 19.6. The highest BCUT2D eigenvalue weighted by molar-refractivity contribution is 9.10. The van der Waals surface area contributed by atoms with Gasteiger partial charge in [0.2, 0.25) is 17.8 Å². The molecule has 16 nitrogen and oxygen atoms in total. The third-order valence-electron chi connectivity index (χ3n) is 14.1. The van der Waals surface area contributed by atoms with Crippen LogP contribution in [0, 0.1) is 13.8 Å². The Hall–Kier alpha value is -5.61. The van der Waals surface area contributed by atoms with Crippen LogP contribution in [0.4, 0.5) is 28.8 Å². The van der Waals surface area contributed by atoms with Crippen LogP contribution in [0.15, 0.2) is 74.5 Å². The van der Waals surface area contributed by atoms with Gasteiger partial charge in [-0.05, 0) is 110 Å². The molecule has 3 aromatic heterocycles. The second kappa shape index (κ2) is 18.8. The maximum atomic E-state index is 14.4. The average Bonchev–Trinajstić information content (AvgIpc) is 3.92. The first-order chi connectivity index (χ1) is 32.4. The second-order valence-corrected chi connectivity index (χ2v) is 22.3. The number of halogens is 1. The molecule has 0 aliphatic carbocycles. The van der Waals surface area contributed by atoms with Gasteiger partial charge in [-0.2, -0.15) is 4.98 Å². The number of oxazole rings is 1. The number of ether oxygens (including phenoxy) is 1. The first-order valence-electron chi connectivity index (χ1n) is 23.4. The average molecular weight is 992 g/mol. The van der Waals surface area contributed by atoms with Gasteiger partial charge < -0.3 is 34.2 Å². The van der Waals surface area contributed by atoms with E-state index in [1.54, 1.807) is 19.4 Å². The number of imide groups is 1. The molecule has 67 heavy (non-hydrogen) atoms. The molecule has 3 aromatic carbocycles. The van der Waals surface area contributed by atoms with Gasteiger partial charge in [0.1, 0.15) is 24.8 Å². The van der Waals surface area contributed by atoms with Crippen LogP contribution in [0.25, 0.3) is 22.0 Å². The summed E-state index contributed by atoms with van der Waals surface area (Å²) in [4.78, 5) is 59.1. The molecule has 4 fully saturated rings. The number of aryl methyl sites for hydroxylation is 2. The van der Waals surface area contributed by atoms with Crippen LogP contribution >= 0.6 is 23.1 Å². The smallest absolute Gasteiger partial charge is 0.420 e. The fourth-order valence-electron chi connectivity index (χ4n) is 10.6. The predicted octanol–water partition coefficient (Wildman–Crippen LogP) is 7.40. The SMILES string of the molecule is COc1cc(N2CCC(N3CCN(CCc4cccc5c4oc(=O)n5C4CCC(=O)NC4=O)CC3)CC2)c(C)cc1Nc1ncc(Br)c(Nc2ccc3nc(C)ccc3c2P2(=O)CCCC2)n1. The number of carbonyl (C=O) groups is 2. The summed E-state index contributed by atoms with van der Waals surface area (Å²) in [5.74, 6) is 0.300. The number of para-hydroxylation sites is 1. The first-order valence-corrected chi connectivity index (χ1v) is 26.2. The van der Waals surface area contributed by atoms with Gasteiger partial charge in [0, 0.05) is 105 Å². The van der Waals surface area contributed by atoms with E-state index in [1.165, 1.54) is 4.57 Å². The number of rotatable bonds is 12. The largest absolute Gasteiger partial charge is 0.494 e. The quantitative estimate of drug-likeness (QED) is 0.0816. The number of hydrogen-bond acceptors (Lipinski definition) is 14. The van der Waals surface area contributed by atoms with Crippen LogP contribution in [-0.4, -0.2) is 112 Å². The maximum Gasteiger partial charge on any atom is 0.420 e. The molecule has 10 rings (SSSR count). The Labute approximate surface area is 397 Å². The summed E-state index contributed by atoms with van der Waals surface area (Å²) < 4.78 is 28.2. The van der Waals surface area contributed by atoms with Crippen molar-refractivity contribution in [1.29, 1.82) is 0 Å². The number of aromatic nitrogens is 4. The van der Waals surface area contributed by atoms with Crippen molar-refractivity contribution < 1.29 is 23.3 Å². The molecule has 0 saturated carbocycles. The van der Waals surface area contributed by atoms with Gasteiger partial charge in [-0.3, -0.25) is 29.4 Å². The van der Waals surface area contributed by atoms with Gasteiger partial charge in [0.15, 0.2) is 5.58 Å². The lowest BCUT2D eigenvalue weighted by molar-refractivity contribution is -0.135. The summed E-state index contributed by atoms with van der Waals surface area (Å²) in [5.41, 5.74) is 7.63. The molecule has 0 spiro atoms. The highest BCUT2D eigenvalue weighted by atomic mass is 79.9. The molecule has 4 aliphatic heterocycles. The zero-order chi connectivity index (χ0) is 46.4. The molecule has 0 radical (unpaired) electrons. The van der Waals surface area contributed by atoms with E-state index < -0.39 is 24.8 Å². The number of piperidine rings is 2. The summed E-state index contributed by atoms with van der Waals surface area (Å²) in [6, 6.07) is 17.7. The van der Waals surface area contributed by atoms with E-state index in [1.807, 2.05) is 43.3 Å². The Morgan fingerprint density at radius 1 is 0.910 bits per heavy atom. The number of hydrogen-bond donors (Lipinski definition) is 3. The molecular weight excluding hydrogens is 935 g/mol. The topological polar surface area (TPSA) is 180 Å². The molecule has 0 bridgehead atoms. The third-order valence-corrected chi connectivity index (χ3v) is 18.1. The van der Waals surface area contributed by atoms with Gasteiger partial charge in [-0.1, -0.05) is 18.2 Å². The number of fused-ring (bicyclic) bond motifs is 2. The number of methoxy groups -OCH3 is 1. The van der Waals surface area contributed by atoms with Crippen LogP contribution in [0.2, 0.25) is 0 Å². The fourth-order valence-corrected chi connectivity index (χ4v) is 14.2. The fraction of sp³-hybridized carbons (Fsp3) is 0.429. The van der Waals surface area contributed by atoms with Gasteiger partial charge >= 0.3 is 5.76 Å². The molecule has 18 heteroatoms. The van der Waals surface area contributed by atoms with Crippen LogP contribution in [0.3, 0.4) is 0 Å². The first kappa shape index (κ1) is 45.2. The Balaban J connectivity index is 0.755. The van der Waals surface area contributed by atoms with Crippen molar-refractivity contribution in [3.8, 4) is 5.75 Å². The summed E-state index contributed by atoms with van der Waals surface area (Å²) in [5, 5.41) is 11.1. The minimum absolute atomic E-state index is 0.189. The second-order valence-electron chi connectivity index (χ2n) is 18.3. The Bertz CT molecular complexity index is 2990. The molecule has 6 aromatic rings. The monoisotopic (exact) mass is 990 g/mol. The highest BCUT2D eigenvalue weighted by Gasteiger charge is 2.35. The minimum Gasteiger partial charge on any atom is -0.494 e. The summed E-state index contributed by atoms with van der Waals surface area (Å²) in [6.07, 6.45) is 8.34. The number of anilines is 5. The Morgan fingerprint density at radius 3 is 2.46 bits per heavy atom.